The highest BCUT2D eigenvalue weighted by molar-refractivity contribution is 5.76. The van der Waals surface area contributed by atoms with Gasteiger partial charge in [0, 0.05) is 19.0 Å². The molecular weight excluding hydrogens is 240 g/mol. The van der Waals surface area contributed by atoms with Gasteiger partial charge in [0.1, 0.15) is 0 Å². The van der Waals surface area contributed by atoms with Crippen LogP contribution < -0.4 is 5.32 Å². The molecule has 2 aliphatic rings. The van der Waals surface area contributed by atoms with E-state index < -0.39 is 0 Å². The third kappa shape index (κ3) is 4.46. The van der Waals surface area contributed by atoms with Crippen LogP contribution in [0.5, 0.6) is 0 Å². The van der Waals surface area contributed by atoms with E-state index in [0.717, 1.165) is 32.4 Å². The Morgan fingerprint density at radius 1 is 1.16 bits per heavy atom. The highest BCUT2D eigenvalue weighted by Crippen LogP contribution is 2.25. The zero-order chi connectivity index (χ0) is 13.5. The molecule has 19 heavy (non-hydrogen) atoms. The number of aliphatic hydroxyl groups is 1. The van der Waals surface area contributed by atoms with Gasteiger partial charge in [0.15, 0.2) is 0 Å². The quantitative estimate of drug-likeness (QED) is 0.768. The zero-order valence-corrected chi connectivity index (χ0v) is 11.9. The summed E-state index contributed by atoms with van der Waals surface area (Å²) in [5.74, 6) is 0.976. The van der Waals surface area contributed by atoms with E-state index in [4.69, 9.17) is 5.11 Å². The first-order chi connectivity index (χ1) is 9.31. The van der Waals surface area contributed by atoms with Gasteiger partial charge in [-0.2, -0.15) is 0 Å². The Morgan fingerprint density at radius 2 is 1.84 bits per heavy atom. The average Bonchev–Trinajstić information content (AvgIpc) is 2.97. The van der Waals surface area contributed by atoms with Crippen LogP contribution in [0.25, 0.3) is 0 Å². The molecule has 0 aromatic rings. The molecule has 0 spiro atoms. The fourth-order valence-electron chi connectivity index (χ4n) is 3.48. The molecule has 1 aliphatic heterocycles. The molecule has 1 amide bonds. The Kier molecular flexibility index (Phi) is 6.11. The van der Waals surface area contributed by atoms with Crippen LogP contribution in [0.4, 0.5) is 0 Å². The van der Waals surface area contributed by atoms with Crippen molar-refractivity contribution in [2.24, 2.45) is 5.92 Å². The van der Waals surface area contributed by atoms with Crippen LogP contribution in [0, 0.1) is 5.92 Å². The Balaban J connectivity index is 1.77. The second kappa shape index (κ2) is 7.85. The van der Waals surface area contributed by atoms with Gasteiger partial charge in [0.05, 0.1) is 6.61 Å². The second-order valence-corrected chi connectivity index (χ2v) is 5.98. The molecule has 4 heteroatoms. The Bertz CT molecular complexity index is 271. The van der Waals surface area contributed by atoms with Crippen molar-refractivity contribution in [2.45, 2.75) is 57.4 Å². The number of nitrogens with zero attached hydrogens (tertiary/aromatic N) is 1. The maximum Gasteiger partial charge on any atom is 0.222 e. The fraction of sp³-hybridized carbons (Fsp3) is 0.933. The number of carbonyl (C=O) groups excluding carboxylic acids is 1. The predicted molar refractivity (Wildman–Crippen MR) is 75.9 cm³/mol. The molecule has 1 heterocycles. The number of piperidine rings is 1. The van der Waals surface area contributed by atoms with Gasteiger partial charge in [-0.25, -0.2) is 0 Å². The van der Waals surface area contributed by atoms with Crippen LogP contribution in [-0.2, 0) is 4.79 Å². The molecular formula is C15H28N2O2. The summed E-state index contributed by atoms with van der Waals surface area (Å²) >= 11 is 0. The summed E-state index contributed by atoms with van der Waals surface area (Å²) in [6, 6.07) is 0.396. The van der Waals surface area contributed by atoms with E-state index in [-0.39, 0.29) is 12.5 Å². The Morgan fingerprint density at radius 3 is 2.47 bits per heavy atom. The smallest absolute Gasteiger partial charge is 0.222 e. The molecule has 1 saturated heterocycles. The van der Waals surface area contributed by atoms with Crippen molar-refractivity contribution in [3.8, 4) is 0 Å². The number of hydrogen-bond donors (Lipinski definition) is 2. The minimum atomic E-state index is 0.0928. The van der Waals surface area contributed by atoms with Crippen LogP contribution >= 0.6 is 0 Å². The van der Waals surface area contributed by atoms with E-state index >= 15 is 0 Å². The topological polar surface area (TPSA) is 52.6 Å². The lowest BCUT2D eigenvalue weighted by molar-refractivity contribution is -0.134. The molecule has 1 aliphatic carbocycles. The van der Waals surface area contributed by atoms with Crippen molar-refractivity contribution in [3.05, 3.63) is 0 Å². The number of nitrogens with one attached hydrogen (secondary N) is 1. The molecule has 110 valence electrons. The average molecular weight is 268 g/mol. The standard InChI is InChI=1S/C15H28N2O2/c18-12-11-17(14-3-1-2-4-14)15(19)6-5-13-7-9-16-10-8-13/h13-14,16,18H,1-12H2. The first-order valence-electron chi connectivity index (χ1n) is 7.92. The molecule has 2 N–H and O–H groups in total. The van der Waals surface area contributed by atoms with Crippen molar-refractivity contribution < 1.29 is 9.90 Å². The maximum atomic E-state index is 12.4. The molecule has 2 rings (SSSR count). The molecule has 0 aromatic carbocycles. The highest BCUT2D eigenvalue weighted by atomic mass is 16.3. The van der Waals surface area contributed by atoms with Crippen molar-refractivity contribution in [1.29, 1.82) is 0 Å². The van der Waals surface area contributed by atoms with Gasteiger partial charge in [-0.3, -0.25) is 4.79 Å². The molecule has 0 bridgehead atoms. The molecule has 4 nitrogen and oxygen atoms in total. The minimum absolute atomic E-state index is 0.0928. The van der Waals surface area contributed by atoms with Gasteiger partial charge < -0.3 is 15.3 Å². The summed E-state index contributed by atoms with van der Waals surface area (Å²) in [6.45, 7) is 2.81. The van der Waals surface area contributed by atoms with Crippen LogP contribution in [0.2, 0.25) is 0 Å². The van der Waals surface area contributed by atoms with Gasteiger partial charge in [-0.15, -0.1) is 0 Å². The van der Waals surface area contributed by atoms with E-state index in [0.29, 0.717) is 24.9 Å². The number of hydrogen-bond acceptors (Lipinski definition) is 3. The number of carbonyl (C=O) groups is 1. The largest absolute Gasteiger partial charge is 0.395 e. The summed E-state index contributed by atoms with van der Waals surface area (Å²) in [5.41, 5.74) is 0. The van der Waals surface area contributed by atoms with Crippen LogP contribution in [0.1, 0.15) is 51.4 Å². The van der Waals surface area contributed by atoms with Gasteiger partial charge in [0.25, 0.3) is 0 Å². The van der Waals surface area contributed by atoms with Gasteiger partial charge in [-0.1, -0.05) is 12.8 Å². The van der Waals surface area contributed by atoms with Crippen LogP contribution in [0.15, 0.2) is 0 Å². The number of aliphatic hydroxyl groups excluding tert-OH is 1. The maximum absolute atomic E-state index is 12.4. The summed E-state index contributed by atoms with van der Waals surface area (Å²) in [7, 11) is 0. The van der Waals surface area contributed by atoms with Crippen molar-refractivity contribution >= 4 is 5.91 Å². The Hall–Kier alpha value is -0.610. The van der Waals surface area contributed by atoms with Gasteiger partial charge in [-0.05, 0) is 51.1 Å². The van der Waals surface area contributed by atoms with Gasteiger partial charge in [0.2, 0.25) is 5.91 Å². The fourth-order valence-corrected chi connectivity index (χ4v) is 3.48. The zero-order valence-electron chi connectivity index (χ0n) is 11.9. The highest BCUT2D eigenvalue weighted by Gasteiger charge is 2.26. The van der Waals surface area contributed by atoms with E-state index in [2.05, 4.69) is 5.32 Å². The third-order valence-electron chi connectivity index (χ3n) is 4.65. The normalized spacial score (nSPS) is 21.7. The lowest BCUT2D eigenvalue weighted by Crippen LogP contribution is -2.41. The summed E-state index contributed by atoms with van der Waals surface area (Å²) in [6.07, 6.45) is 8.81. The molecule has 0 radical (unpaired) electrons. The first kappa shape index (κ1) is 14.8. The monoisotopic (exact) mass is 268 g/mol. The van der Waals surface area contributed by atoms with Crippen molar-refractivity contribution in [3.63, 3.8) is 0 Å². The predicted octanol–water partition coefficient (Wildman–Crippen LogP) is 1.53. The number of amides is 1. The van der Waals surface area contributed by atoms with E-state index in [1.807, 2.05) is 4.90 Å². The molecule has 1 saturated carbocycles. The second-order valence-electron chi connectivity index (χ2n) is 5.98. The third-order valence-corrected chi connectivity index (χ3v) is 4.65. The van der Waals surface area contributed by atoms with Gasteiger partial charge >= 0.3 is 0 Å². The van der Waals surface area contributed by atoms with Crippen molar-refractivity contribution in [1.82, 2.24) is 10.2 Å². The molecule has 0 aromatic heterocycles. The Labute approximate surface area is 116 Å². The van der Waals surface area contributed by atoms with Crippen molar-refractivity contribution in [2.75, 3.05) is 26.2 Å². The SMILES string of the molecule is O=C(CCC1CCNCC1)N(CCO)C1CCCC1. The van der Waals surface area contributed by atoms with E-state index in [9.17, 15) is 4.79 Å². The molecule has 0 atom stereocenters. The summed E-state index contributed by atoms with van der Waals surface area (Å²) in [4.78, 5) is 14.3. The summed E-state index contributed by atoms with van der Waals surface area (Å²) in [5, 5.41) is 12.5. The molecule has 2 fully saturated rings. The minimum Gasteiger partial charge on any atom is -0.395 e. The molecule has 0 unspecified atom stereocenters. The van der Waals surface area contributed by atoms with Crippen LogP contribution in [-0.4, -0.2) is 48.2 Å². The lowest BCUT2D eigenvalue weighted by atomic mass is 9.93. The first-order valence-corrected chi connectivity index (χ1v) is 7.92. The van der Waals surface area contributed by atoms with E-state index in [1.54, 1.807) is 0 Å². The summed E-state index contributed by atoms with van der Waals surface area (Å²) < 4.78 is 0. The van der Waals surface area contributed by atoms with E-state index in [1.165, 1.54) is 25.7 Å². The number of rotatable bonds is 6. The lowest BCUT2D eigenvalue weighted by Gasteiger charge is -2.29. The van der Waals surface area contributed by atoms with Crippen LogP contribution in [0.3, 0.4) is 0 Å².